The number of halogens is 3. The highest BCUT2D eigenvalue weighted by atomic mass is 35.5. The van der Waals surface area contributed by atoms with Gasteiger partial charge in [0.25, 0.3) is 0 Å². The standard InChI is InChI=1S/C11H9ClF2O4/c1-2-17-10(16)7-3-6(5-15)4-8(9(7)12)18-11(13)14/h3-5,11H,2H2,1H3. The summed E-state index contributed by atoms with van der Waals surface area (Å²) in [5.74, 6) is -1.26. The van der Waals surface area contributed by atoms with Crippen molar-refractivity contribution in [2.45, 2.75) is 13.5 Å². The first-order valence-electron chi connectivity index (χ1n) is 4.90. The topological polar surface area (TPSA) is 52.6 Å². The summed E-state index contributed by atoms with van der Waals surface area (Å²) in [4.78, 5) is 22.2. The highest BCUT2D eigenvalue weighted by Crippen LogP contribution is 2.31. The molecule has 0 spiro atoms. The van der Waals surface area contributed by atoms with E-state index in [1.807, 2.05) is 0 Å². The van der Waals surface area contributed by atoms with Crippen LogP contribution in [0.2, 0.25) is 5.02 Å². The molecule has 0 radical (unpaired) electrons. The molecule has 1 rings (SSSR count). The van der Waals surface area contributed by atoms with Gasteiger partial charge in [-0.05, 0) is 19.1 Å². The van der Waals surface area contributed by atoms with E-state index in [0.29, 0.717) is 6.29 Å². The Hall–Kier alpha value is -1.69. The summed E-state index contributed by atoms with van der Waals surface area (Å²) in [5.41, 5.74) is -0.211. The van der Waals surface area contributed by atoms with Gasteiger partial charge in [0.15, 0.2) is 0 Å². The summed E-state index contributed by atoms with van der Waals surface area (Å²) < 4.78 is 33.1. The molecule has 0 N–H and O–H groups in total. The van der Waals surface area contributed by atoms with Crippen LogP contribution in [0, 0.1) is 0 Å². The van der Waals surface area contributed by atoms with Gasteiger partial charge in [-0.15, -0.1) is 0 Å². The van der Waals surface area contributed by atoms with E-state index in [1.165, 1.54) is 0 Å². The molecule has 0 bridgehead atoms. The number of carbonyl (C=O) groups excluding carboxylic acids is 2. The van der Waals surface area contributed by atoms with Crippen LogP contribution < -0.4 is 4.74 Å². The van der Waals surface area contributed by atoms with Gasteiger partial charge in [0.05, 0.1) is 17.2 Å². The molecule has 0 saturated carbocycles. The monoisotopic (exact) mass is 278 g/mol. The Balaban J connectivity index is 3.24. The van der Waals surface area contributed by atoms with E-state index in [1.54, 1.807) is 6.92 Å². The molecular formula is C11H9ClF2O4. The number of carbonyl (C=O) groups is 2. The zero-order chi connectivity index (χ0) is 13.7. The van der Waals surface area contributed by atoms with Crippen molar-refractivity contribution in [3.63, 3.8) is 0 Å². The lowest BCUT2D eigenvalue weighted by Crippen LogP contribution is -2.09. The molecule has 0 atom stereocenters. The van der Waals surface area contributed by atoms with Gasteiger partial charge in [-0.25, -0.2) is 4.79 Å². The normalized spacial score (nSPS) is 10.3. The van der Waals surface area contributed by atoms with Crippen LogP contribution in [0.1, 0.15) is 27.6 Å². The van der Waals surface area contributed by atoms with Crippen molar-refractivity contribution in [2.24, 2.45) is 0 Å². The van der Waals surface area contributed by atoms with Crippen molar-refractivity contribution in [1.29, 1.82) is 0 Å². The highest BCUT2D eigenvalue weighted by Gasteiger charge is 2.19. The Labute approximate surface area is 106 Å². The second-order valence-corrected chi connectivity index (χ2v) is 3.48. The lowest BCUT2D eigenvalue weighted by Gasteiger charge is -2.11. The van der Waals surface area contributed by atoms with Crippen LogP contribution in [0.5, 0.6) is 5.75 Å². The van der Waals surface area contributed by atoms with Gasteiger partial charge >= 0.3 is 12.6 Å². The van der Waals surface area contributed by atoms with Crippen molar-refractivity contribution in [2.75, 3.05) is 6.61 Å². The third-order valence-electron chi connectivity index (χ3n) is 1.91. The Kier molecular flexibility index (Phi) is 5.03. The number of hydrogen-bond donors (Lipinski definition) is 0. The number of hydrogen-bond acceptors (Lipinski definition) is 4. The second kappa shape index (κ2) is 6.30. The molecule has 0 saturated heterocycles. The van der Waals surface area contributed by atoms with Crippen LogP contribution in [0.3, 0.4) is 0 Å². The van der Waals surface area contributed by atoms with Gasteiger partial charge in [0, 0.05) is 5.56 Å². The van der Waals surface area contributed by atoms with E-state index in [4.69, 9.17) is 11.6 Å². The summed E-state index contributed by atoms with van der Waals surface area (Å²) >= 11 is 5.74. The van der Waals surface area contributed by atoms with E-state index in [0.717, 1.165) is 12.1 Å². The maximum Gasteiger partial charge on any atom is 0.387 e. The van der Waals surface area contributed by atoms with Gasteiger partial charge in [-0.1, -0.05) is 11.6 Å². The molecule has 0 fully saturated rings. The van der Waals surface area contributed by atoms with E-state index >= 15 is 0 Å². The summed E-state index contributed by atoms with van der Waals surface area (Å²) in [5, 5.41) is -0.320. The number of aldehydes is 1. The Morgan fingerprint density at radius 2 is 2.17 bits per heavy atom. The molecule has 1 aromatic carbocycles. The molecule has 7 heteroatoms. The zero-order valence-corrected chi connectivity index (χ0v) is 10.0. The average Bonchev–Trinajstić information content (AvgIpc) is 2.31. The maximum absolute atomic E-state index is 12.1. The fourth-order valence-electron chi connectivity index (χ4n) is 1.23. The van der Waals surface area contributed by atoms with E-state index < -0.39 is 18.3 Å². The number of benzene rings is 1. The summed E-state index contributed by atoms with van der Waals surface area (Å²) in [6, 6.07) is 2.16. The van der Waals surface area contributed by atoms with Gasteiger partial charge in [0.1, 0.15) is 12.0 Å². The highest BCUT2D eigenvalue weighted by molar-refractivity contribution is 6.35. The fraction of sp³-hybridized carbons (Fsp3) is 0.273. The molecule has 0 aliphatic rings. The second-order valence-electron chi connectivity index (χ2n) is 3.10. The minimum atomic E-state index is -3.11. The van der Waals surface area contributed by atoms with E-state index in [2.05, 4.69) is 9.47 Å². The number of esters is 1. The minimum Gasteiger partial charge on any atom is -0.462 e. The van der Waals surface area contributed by atoms with Crippen LogP contribution in [-0.4, -0.2) is 25.5 Å². The molecular weight excluding hydrogens is 270 g/mol. The Morgan fingerprint density at radius 3 is 2.67 bits per heavy atom. The van der Waals surface area contributed by atoms with E-state index in [-0.39, 0.29) is 22.8 Å². The van der Waals surface area contributed by atoms with Gasteiger partial charge in [-0.3, -0.25) is 4.79 Å². The SMILES string of the molecule is CCOC(=O)c1cc(C=O)cc(OC(F)F)c1Cl. The van der Waals surface area contributed by atoms with Gasteiger partial charge < -0.3 is 9.47 Å². The quantitative estimate of drug-likeness (QED) is 0.614. The zero-order valence-electron chi connectivity index (χ0n) is 9.28. The van der Waals surface area contributed by atoms with Gasteiger partial charge in [0.2, 0.25) is 0 Å². The molecule has 98 valence electrons. The predicted octanol–water partition coefficient (Wildman–Crippen LogP) is 2.93. The van der Waals surface area contributed by atoms with Crippen molar-refractivity contribution in [1.82, 2.24) is 0 Å². The van der Waals surface area contributed by atoms with Crippen LogP contribution in [0.4, 0.5) is 8.78 Å². The van der Waals surface area contributed by atoms with Crippen molar-refractivity contribution >= 4 is 23.9 Å². The third kappa shape index (κ3) is 3.40. The first kappa shape index (κ1) is 14.4. The van der Waals surface area contributed by atoms with Crippen LogP contribution in [0.15, 0.2) is 12.1 Å². The molecule has 0 aliphatic carbocycles. The Bertz CT molecular complexity index is 463. The number of alkyl halides is 2. The van der Waals surface area contributed by atoms with E-state index in [9.17, 15) is 18.4 Å². The first-order chi connectivity index (χ1) is 8.49. The van der Waals surface area contributed by atoms with Crippen LogP contribution >= 0.6 is 11.6 Å². The molecule has 0 heterocycles. The molecule has 0 aliphatic heterocycles. The van der Waals surface area contributed by atoms with Crippen LogP contribution in [0.25, 0.3) is 0 Å². The predicted molar refractivity (Wildman–Crippen MR) is 59.4 cm³/mol. The fourth-order valence-corrected chi connectivity index (χ4v) is 1.46. The lowest BCUT2D eigenvalue weighted by molar-refractivity contribution is -0.0499. The summed E-state index contributed by atoms with van der Waals surface area (Å²) in [7, 11) is 0. The van der Waals surface area contributed by atoms with Crippen molar-refractivity contribution < 1.29 is 27.8 Å². The number of rotatable bonds is 5. The first-order valence-corrected chi connectivity index (χ1v) is 5.28. The molecule has 1 aromatic rings. The minimum absolute atomic E-state index is 0.0156. The Morgan fingerprint density at radius 1 is 1.50 bits per heavy atom. The summed E-state index contributed by atoms with van der Waals surface area (Å²) in [6.45, 7) is -1.45. The summed E-state index contributed by atoms with van der Waals surface area (Å²) in [6.07, 6.45) is 0.386. The molecule has 18 heavy (non-hydrogen) atoms. The smallest absolute Gasteiger partial charge is 0.387 e. The van der Waals surface area contributed by atoms with Crippen LogP contribution in [-0.2, 0) is 4.74 Å². The third-order valence-corrected chi connectivity index (χ3v) is 2.30. The number of ether oxygens (including phenoxy) is 2. The van der Waals surface area contributed by atoms with Crippen molar-refractivity contribution in [3.05, 3.63) is 28.3 Å². The average molecular weight is 279 g/mol. The largest absolute Gasteiger partial charge is 0.462 e. The molecule has 0 aromatic heterocycles. The molecule has 4 nitrogen and oxygen atoms in total. The van der Waals surface area contributed by atoms with Crippen molar-refractivity contribution in [3.8, 4) is 5.75 Å². The maximum atomic E-state index is 12.1. The lowest BCUT2D eigenvalue weighted by atomic mass is 10.1. The molecule has 0 amide bonds. The molecule has 0 unspecified atom stereocenters. The van der Waals surface area contributed by atoms with Gasteiger partial charge in [-0.2, -0.15) is 8.78 Å².